The number of aromatic nitrogens is 2. The van der Waals surface area contributed by atoms with Gasteiger partial charge in [0.15, 0.2) is 4.77 Å². The van der Waals surface area contributed by atoms with Gasteiger partial charge in [-0.2, -0.15) is 0 Å². The molecule has 1 aromatic heterocycles. The molecule has 2 rings (SSSR count). The fourth-order valence-electron chi connectivity index (χ4n) is 1.86. The first-order valence-corrected chi connectivity index (χ1v) is 6.04. The third-order valence-electron chi connectivity index (χ3n) is 2.84. The van der Waals surface area contributed by atoms with Gasteiger partial charge in [0.25, 0.3) is 5.56 Å². The average molecular weight is 262 g/mol. The normalized spacial score (nSPS) is 12.3. The molecule has 0 aliphatic heterocycles. The van der Waals surface area contributed by atoms with Gasteiger partial charge in [0.2, 0.25) is 0 Å². The van der Waals surface area contributed by atoms with Gasteiger partial charge in [-0.15, -0.1) is 0 Å². The van der Waals surface area contributed by atoms with Gasteiger partial charge in [0.1, 0.15) is 0 Å². The third-order valence-corrected chi connectivity index (χ3v) is 3.04. The van der Waals surface area contributed by atoms with Gasteiger partial charge in [-0.1, -0.05) is 30.3 Å². The van der Waals surface area contributed by atoms with Crippen LogP contribution in [0.25, 0.3) is 0 Å². The minimum absolute atomic E-state index is 0.244. The van der Waals surface area contributed by atoms with Crippen LogP contribution in [0.4, 0.5) is 0 Å². The maximum Gasteiger partial charge on any atom is 0.255 e. The van der Waals surface area contributed by atoms with E-state index >= 15 is 0 Å². The molecular formula is C13H14N2O2S. The Bertz CT molecular complexity index is 646. The summed E-state index contributed by atoms with van der Waals surface area (Å²) in [6.07, 6.45) is -0.438. The summed E-state index contributed by atoms with van der Waals surface area (Å²) < 4.78 is 0.301. The van der Waals surface area contributed by atoms with Crippen molar-refractivity contribution in [2.75, 3.05) is 0 Å². The molecule has 0 saturated carbocycles. The lowest BCUT2D eigenvalue weighted by molar-refractivity contribution is 0.177. The van der Waals surface area contributed by atoms with E-state index in [1.54, 1.807) is 6.92 Å². The summed E-state index contributed by atoms with van der Waals surface area (Å²) in [6, 6.07) is 9.26. The summed E-state index contributed by atoms with van der Waals surface area (Å²) in [5.74, 6) is 0. The van der Waals surface area contributed by atoms with Crippen LogP contribution < -0.4 is 5.56 Å². The van der Waals surface area contributed by atoms with E-state index < -0.39 is 6.10 Å². The van der Waals surface area contributed by atoms with Gasteiger partial charge in [0.05, 0.1) is 6.10 Å². The van der Waals surface area contributed by atoms with Crippen molar-refractivity contribution >= 4 is 12.2 Å². The van der Waals surface area contributed by atoms with E-state index in [4.69, 9.17) is 12.2 Å². The number of benzene rings is 1. The van der Waals surface area contributed by atoms with Crippen LogP contribution in [0.5, 0.6) is 0 Å². The Morgan fingerprint density at radius 2 is 1.94 bits per heavy atom. The molecule has 1 unspecified atom stereocenters. The molecule has 0 aliphatic carbocycles. The van der Waals surface area contributed by atoms with Crippen LogP contribution in [0.1, 0.15) is 22.9 Å². The smallest absolute Gasteiger partial charge is 0.255 e. The van der Waals surface area contributed by atoms with Crippen molar-refractivity contribution in [1.29, 1.82) is 0 Å². The zero-order valence-corrected chi connectivity index (χ0v) is 10.8. The molecule has 0 bridgehead atoms. The van der Waals surface area contributed by atoms with Gasteiger partial charge in [-0.05, 0) is 24.7 Å². The first-order chi connectivity index (χ1) is 8.58. The number of aryl methyl sites for hydroxylation is 1. The van der Waals surface area contributed by atoms with E-state index in [-0.39, 0.29) is 12.0 Å². The minimum atomic E-state index is -0.699. The first kappa shape index (κ1) is 12.7. The number of rotatable bonds is 3. The highest BCUT2D eigenvalue weighted by molar-refractivity contribution is 7.71. The Balaban J connectivity index is 2.31. The lowest BCUT2D eigenvalue weighted by atomic mass is 10.0. The van der Waals surface area contributed by atoms with Gasteiger partial charge < -0.3 is 10.1 Å². The third kappa shape index (κ3) is 2.75. The number of aliphatic hydroxyl groups is 1. The van der Waals surface area contributed by atoms with Crippen LogP contribution in [0.15, 0.2) is 35.1 Å². The topological polar surface area (TPSA) is 68.9 Å². The molecule has 1 heterocycles. The molecule has 0 saturated heterocycles. The second kappa shape index (κ2) is 5.29. The van der Waals surface area contributed by atoms with Crippen LogP contribution in [-0.4, -0.2) is 15.1 Å². The van der Waals surface area contributed by atoms with Crippen molar-refractivity contribution < 1.29 is 5.11 Å². The first-order valence-electron chi connectivity index (χ1n) is 5.63. The van der Waals surface area contributed by atoms with E-state index in [0.717, 1.165) is 5.56 Å². The monoisotopic (exact) mass is 262 g/mol. The highest BCUT2D eigenvalue weighted by Crippen LogP contribution is 2.17. The standard InChI is InChI=1S/C13H14N2O2S/c1-8-10(12(17)15-13(18)14-8)7-11(16)9-5-3-2-4-6-9/h2-6,11,16H,7H2,1H3,(H2,14,15,17,18). The maximum atomic E-state index is 11.8. The van der Waals surface area contributed by atoms with Crippen molar-refractivity contribution in [3.8, 4) is 0 Å². The predicted molar refractivity (Wildman–Crippen MR) is 72.1 cm³/mol. The number of aromatic amines is 2. The molecule has 3 N–H and O–H groups in total. The Morgan fingerprint density at radius 3 is 2.56 bits per heavy atom. The number of hydrogen-bond acceptors (Lipinski definition) is 3. The summed E-state index contributed by atoms with van der Waals surface area (Å²) in [5, 5.41) is 10.1. The molecule has 1 atom stereocenters. The molecule has 0 radical (unpaired) electrons. The van der Waals surface area contributed by atoms with Crippen LogP contribution in [0.3, 0.4) is 0 Å². The molecule has 2 aromatic rings. The Labute approximate surface area is 109 Å². The summed E-state index contributed by atoms with van der Waals surface area (Å²) in [7, 11) is 0. The van der Waals surface area contributed by atoms with Gasteiger partial charge in [0, 0.05) is 17.7 Å². The Hall–Kier alpha value is -1.72. The lowest BCUT2D eigenvalue weighted by Gasteiger charge is -2.11. The molecule has 0 aliphatic rings. The molecule has 0 amide bonds. The lowest BCUT2D eigenvalue weighted by Crippen LogP contribution is -2.19. The van der Waals surface area contributed by atoms with Gasteiger partial charge in [-0.3, -0.25) is 9.78 Å². The maximum absolute atomic E-state index is 11.8. The van der Waals surface area contributed by atoms with Crippen molar-refractivity contribution in [1.82, 2.24) is 9.97 Å². The van der Waals surface area contributed by atoms with Gasteiger partial charge >= 0.3 is 0 Å². The van der Waals surface area contributed by atoms with Crippen LogP contribution >= 0.6 is 12.2 Å². The zero-order chi connectivity index (χ0) is 13.1. The van der Waals surface area contributed by atoms with E-state index in [9.17, 15) is 9.90 Å². The second-order valence-corrected chi connectivity index (χ2v) is 4.55. The fraction of sp³-hybridized carbons (Fsp3) is 0.231. The van der Waals surface area contributed by atoms with Crippen molar-refractivity contribution in [2.45, 2.75) is 19.4 Å². The summed E-state index contributed by atoms with van der Waals surface area (Å²) in [4.78, 5) is 17.2. The van der Waals surface area contributed by atoms with E-state index in [1.165, 1.54) is 0 Å². The van der Waals surface area contributed by atoms with E-state index in [0.29, 0.717) is 16.0 Å². The van der Waals surface area contributed by atoms with Crippen LogP contribution in [0.2, 0.25) is 0 Å². The van der Waals surface area contributed by atoms with Crippen LogP contribution in [0, 0.1) is 11.7 Å². The van der Waals surface area contributed by atoms with E-state index in [1.807, 2.05) is 30.3 Å². The number of H-pyrrole nitrogens is 2. The number of nitrogens with one attached hydrogen (secondary N) is 2. The summed E-state index contributed by atoms with van der Waals surface area (Å²) in [6.45, 7) is 1.78. The highest BCUT2D eigenvalue weighted by atomic mass is 32.1. The molecule has 94 valence electrons. The molecular weight excluding hydrogens is 248 g/mol. The second-order valence-electron chi connectivity index (χ2n) is 4.14. The molecule has 18 heavy (non-hydrogen) atoms. The minimum Gasteiger partial charge on any atom is -0.388 e. The summed E-state index contributed by atoms with van der Waals surface area (Å²) >= 11 is 4.88. The zero-order valence-electron chi connectivity index (χ0n) is 9.93. The average Bonchev–Trinajstić information content (AvgIpc) is 2.34. The Morgan fingerprint density at radius 1 is 1.28 bits per heavy atom. The molecule has 4 nitrogen and oxygen atoms in total. The van der Waals surface area contributed by atoms with Crippen molar-refractivity contribution in [3.05, 3.63) is 62.3 Å². The van der Waals surface area contributed by atoms with E-state index in [2.05, 4.69) is 9.97 Å². The van der Waals surface area contributed by atoms with Crippen molar-refractivity contribution in [3.63, 3.8) is 0 Å². The number of hydrogen-bond donors (Lipinski definition) is 3. The van der Waals surface area contributed by atoms with Crippen molar-refractivity contribution in [2.24, 2.45) is 0 Å². The molecule has 0 spiro atoms. The molecule has 1 aromatic carbocycles. The Kier molecular flexibility index (Phi) is 3.74. The summed E-state index contributed by atoms with van der Waals surface area (Å²) in [5.41, 5.74) is 1.77. The number of aliphatic hydroxyl groups excluding tert-OH is 1. The fourth-order valence-corrected chi connectivity index (χ4v) is 2.10. The SMILES string of the molecule is Cc1[nH]c(=S)[nH]c(=O)c1CC(O)c1ccccc1. The largest absolute Gasteiger partial charge is 0.388 e. The quantitative estimate of drug-likeness (QED) is 0.741. The molecule has 5 heteroatoms. The van der Waals surface area contributed by atoms with Crippen LogP contribution in [-0.2, 0) is 6.42 Å². The predicted octanol–water partition coefficient (Wildman–Crippen LogP) is 2.02. The molecule has 0 fully saturated rings. The van der Waals surface area contributed by atoms with Gasteiger partial charge in [-0.25, -0.2) is 0 Å². The highest BCUT2D eigenvalue weighted by Gasteiger charge is 2.13.